The maximum atomic E-state index is 13.2. The van der Waals surface area contributed by atoms with Crippen LogP contribution in [-0.2, 0) is 17.8 Å². The molecular formula is C29H33NO5. The number of carbonyl (C=O) groups is 1. The van der Waals surface area contributed by atoms with Crippen LogP contribution in [0, 0.1) is 19.8 Å². The van der Waals surface area contributed by atoms with E-state index >= 15 is 0 Å². The van der Waals surface area contributed by atoms with Gasteiger partial charge in [0.25, 0.3) is 0 Å². The number of hydrogen-bond donors (Lipinski definition) is 1. The van der Waals surface area contributed by atoms with Crippen molar-refractivity contribution in [3.8, 4) is 5.75 Å². The molecule has 1 aromatic heterocycles. The van der Waals surface area contributed by atoms with E-state index in [2.05, 4.69) is 0 Å². The van der Waals surface area contributed by atoms with E-state index in [1.165, 1.54) is 0 Å². The molecule has 6 nitrogen and oxygen atoms in total. The Labute approximate surface area is 205 Å². The fraction of sp³-hybridized carbons (Fsp3) is 0.448. The van der Waals surface area contributed by atoms with Crippen molar-refractivity contribution in [2.45, 2.75) is 64.6 Å². The number of benzene rings is 2. The minimum absolute atomic E-state index is 0.0144. The van der Waals surface area contributed by atoms with Crippen LogP contribution in [0.2, 0.25) is 0 Å². The Morgan fingerprint density at radius 2 is 1.91 bits per heavy atom. The van der Waals surface area contributed by atoms with Crippen molar-refractivity contribution in [3.63, 3.8) is 0 Å². The molecule has 0 unspecified atom stereocenters. The number of aliphatic hydroxyl groups is 1. The molecule has 0 spiro atoms. The summed E-state index contributed by atoms with van der Waals surface area (Å²) in [6.07, 6.45) is 4.55. The molecule has 1 aliphatic carbocycles. The van der Waals surface area contributed by atoms with Crippen LogP contribution < -0.4 is 10.4 Å². The average molecular weight is 476 g/mol. The van der Waals surface area contributed by atoms with E-state index in [-0.39, 0.29) is 18.2 Å². The van der Waals surface area contributed by atoms with Gasteiger partial charge in [-0.2, -0.15) is 0 Å². The van der Waals surface area contributed by atoms with Gasteiger partial charge in [0.05, 0.1) is 17.6 Å². The molecule has 1 saturated carbocycles. The molecule has 184 valence electrons. The molecule has 1 saturated heterocycles. The average Bonchev–Trinajstić information content (AvgIpc) is 2.86. The van der Waals surface area contributed by atoms with Gasteiger partial charge in [-0.25, -0.2) is 4.79 Å². The zero-order chi connectivity index (χ0) is 24.6. The van der Waals surface area contributed by atoms with E-state index in [0.29, 0.717) is 43.0 Å². The number of piperidine rings is 1. The number of aryl methyl sites for hydroxylation is 2. The van der Waals surface area contributed by atoms with Crippen LogP contribution in [-0.4, -0.2) is 34.6 Å². The molecule has 2 heterocycles. The lowest BCUT2D eigenvalue weighted by molar-refractivity contribution is -0.142. The highest BCUT2D eigenvalue weighted by molar-refractivity contribution is 5.87. The summed E-state index contributed by atoms with van der Waals surface area (Å²) in [4.78, 5) is 28.0. The number of rotatable bonds is 5. The maximum absolute atomic E-state index is 13.2. The SMILES string of the molecule is Cc1c(CC(=O)N2CC[C@@]3(O)CCCC[C@@H]3C2)c(=O)oc2c(C)c(OCc3ccccc3)ccc12. The quantitative estimate of drug-likeness (QED) is 0.542. The first-order valence-electron chi connectivity index (χ1n) is 12.6. The van der Waals surface area contributed by atoms with E-state index in [9.17, 15) is 14.7 Å². The third-order valence-electron chi connectivity index (χ3n) is 8.00. The predicted octanol–water partition coefficient (Wildman–Crippen LogP) is 4.68. The second-order valence-corrected chi connectivity index (χ2v) is 10.1. The number of likely N-dealkylation sites (tertiary alicyclic amines) is 1. The molecule has 3 aromatic rings. The lowest BCUT2D eigenvalue weighted by atomic mass is 9.71. The molecule has 1 N–H and O–H groups in total. The van der Waals surface area contributed by atoms with Crippen LogP contribution in [0.3, 0.4) is 0 Å². The zero-order valence-corrected chi connectivity index (χ0v) is 20.5. The Morgan fingerprint density at radius 1 is 1.11 bits per heavy atom. The minimum atomic E-state index is -0.634. The van der Waals surface area contributed by atoms with Gasteiger partial charge >= 0.3 is 5.63 Å². The molecule has 2 aromatic carbocycles. The highest BCUT2D eigenvalue weighted by Crippen LogP contribution is 2.40. The zero-order valence-electron chi connectivity index (χ0n) is 20.5. The molecule has 2 aliphatic rings. The van der Waals surface area contributed by atoms with Gasteiger partial charge in [-0.3, -0.25) is 4.79 Å². The van der Waals surface area contributed by atoms with Crippen molar-refractivity contribution in [1.82, 2.24) is 4.90 Å². The van der Waals surface area contributed by atoms with Crippen LogP contribution in [0.5, 0.6) is 5.75 Å². The summed E-state index contributed by atoms with van der Waals surface area (Å²) in [7, 11) is 0. The van der Waals surface area contributed by atoms with Gasteiger partial charge in [-0.1, -0.05) is 43.2 Å². The summed E-state index contributed by atoms with van der Waals surface area (Å²) >= 11 is 0. The monoisotopic (exact) mass is 475 g/mol. The molecule has 0 radical (unpaired) electrons. The summed E-state index contributed by atoms with van der Waals surface area (Å²) in [6, 6.07) is 13.7. The summed E-state index contributed by atoms with van der Waals surface area (Å²) in [5.74, 6) is 0.716. The van der Waals surface area contributed by atoms with Crippen molar-refractivity contribution in [2.24, 2.45) is 5.92 Å². The molecule has 1 amide bonds. The van der Waals surface area contributed by atoms with E-state index in [0.717, 1.165) is 47.8 Å². The molecule has 2 atom stereocenters. The molecule has 1 aliphatic heterocycles. The van der Waals surface area contributed by atoms with Gasteiger partial charge in [-0.15, -0.1) is 0 Å². The van der Waals surface area contributed by atoms with E-state index < -0.39 is 11.2 Å². The minimum Gasteiger partial charge on any atom is -0.488 e. The van der Waals surface area contributed by atoms with Gasteiger partial charge in [0.1, 0.15) is 17.9 Å². The Balaban J connectivity index is 1.35. The van der Waals surface area contributed by atoms with Crippen molar-refractivity contribution in [3.05, 3.63) is 75.1 Å². The van der Waals surface area contributed by atoms with Crippen LogP contribution in [0.15, 0.2) is 51.7 Å². The number of hydrogen-bond acceptors (Lipinski definition) is 5. The normalized spacial score (nSPS) is 22.1. The van der Waals surface area contributed by atoms with Crippen LogP contribution in [0.1, 0.15) is 54.4 Å². The first-order chi connectivity index (χ1) is 16.9. The molecule has 35 heavy (non-hydrogen) atoms. The molecule has 5 rings (SSSR count). The fourth-order valence-electron chi connectivity index (χ4n) is 5.73. The summed E-state index contributed by atoms with van der Waals surface area (Å²) in [5.41, 5.74) is 2.40. The number of carbonyl (C=O) groups excluding carboxylic acids is 1. The number of nitrogens with zero attached hydrogens (tertiary/aromatic N) is 1. The van der Waals surface area contributed by atoms with Crippen molar-refractivity contribution >= 4 is 16.9 Å². The molecule has 0 bridgehead atoms. The van der Waals surface area contributed by atoms with Crippen molar-refractivity contribution in [2.75, 3.05) is 13.1 Å². The second-order valence-electron chi connectivity index (χ2n) is 10.1. The number of fused-ring (bicyclic) bond motifs is 2. The largest absolute Gasteiger partial charge is 0.488 e. The van der Waals surface area contributed by atoms with Gasteiger partial charge in [0.15, 0.2) is 0 Å². The highest BCUT2D eigenvalue weighted by atomic mass is 16.5. The van der Waals surface area contributed by atoms with Gasteiger partial charge < -0.3 is 19.2 Å². The second kappa shape index (κ2) is 9.50. The molecule has 6 heteroatoms. The summed E-state index contributed by atoms with van der Waals surface area (Å²) in [6.45, 7) is 5.28. The number of ether oxygens (including phenoxy) is 1. The maximum Gasteiger partial charge on any atom is 0.340 e. The van der Waals surface area contributed by atoms with Crippen molar-refractivity contribution < 1.29 is 19.1 Å². The molecule has 2 fully saturated rings. The van der Waals surface area contributed by atoms with E-state index in [1.54, 1.807) is 0 Å². The van der Waals surface area contributed by atoms with Crippen LogP contribution in [0.25, 0.3) is 11.0 Å². The van der Waals surface area contributed by atoms with Crippen LogP contribution in [0.4, 0.5) is 0 Å². The Morgan fingerprint density at radius 3 is 2.71 bits per heavy atom. The first kappa shape index (κ1) is 23.6. The fourth-order valence-corrected chi connectivity index (χ4v) is 5.73. The summed E-state index contributed by atoms with van der Waals surface area (Å²) in [5, 5.41) is 11.7. The lowest BCUT2D eigenvalue weighted by Gasteiger charge is -2.47. The van der Waals surface area contributed by atoms with Gasteiger partial charge in [-0.05, 0) is 56.4 Å². The Bertz CT molecular complexity index is 1300. The standard InChI is InChI=1S/C29H33NO5/c1-19-23-11-12-25(34-18-21-8-4-3-5-9-21)20(2)27(23)35-28(32)24(19)16-26(31)30-15-14-29(33)13-7-6-10-22(29)17-30/h3-5,8-9,11-12,22,33H,6-7,10,13-18H2,1-2H3/t22-,29+/m1/s1. The number of amides is 1. The van der Waals surface area contributed by atoms with E-state index in [1.807, 2.05) is 61.2 Å². The van der Waals surface area contributed by atoms with Crippen LogP contribution >= 0.6 is 0 Å². The highest BCUT2D eigenvalue weighted by Gasteiger charge is 2.43. The third kappa shape index (κ3) is 4.59. The Hall–Kier alpha value is -3.12. The first-order valence-corrected chi connectivity index (χ1v) is 12.6. The molecular weight excluding hydrogens is 442 g/mol. The summed E-state index contributed by atoms with van der Waals surface area (Å²) < 4.78 is 11.7. The topological polar surface area (TPSA) is 80.0 Å². The van der Waals surface area contributed by atoms with Gasteiger partial charge in [0, 0.05) is 30.0 Å². The van der Waals surface area contributed by atoms with Crippen molar-refractivity contribution in [1.29, 1.82) is 0 Å². The predicted molar refractivity (Wildman–Crippen MR) is 135 cm³/mol. The smallest absolute Gasteiger partial charge is 0.340 e. The van der Waals surface area contributed by atoms with Gasteiger partial charge in [0.2, 0.25) is 5.91 Å². The lowest BCUT2D eigenvalue weighted by Crippen LogP contribution is -2.55. The Kier molecular flexibility index (Phi) is 6.41. The van der Waals surface area contributed by atoms with E-state index in [4.69, 9.17) is 9.15 Å². The third-order valence-corrected chi connectivity index (χ3v) is 8.00.